The van der Waals surface area contributed by atoms with Gasteiger partial charge in [-0.15, -0.1) is 46.7 Å². The molecule has 0 saturated carbocycles. The maximum Gasteiger partial charge on any atom is 0.191 e. The number of thiophene rings is 1. The molecule has 0 aliphatic carbocycles. The minimum atomic E-state index is 0. The van der Waals surface area contributed by atoms with Gasteiger partial charge in [-0.05, 0) is 58.1 Å². The lowest BCUT2D eigenvalue weighted by atomic mass is 10.2. The molecule has 156 valence electrons. The summed E-state index contributed by atoms with van der Waals surface area (Å²) in [4.78, 5) is 14.8. The summed E-state index contributed by atoms with van der Waals surface area (Å²) in [6.45, 7) is 11.2. The van der Waals surface area contributed by atoms with Crippen LogP contribution in [-0.2, 0) is 6.42 Å². The number of halogens is 1. The van der Waals surface area contributed by atoms with Crippen LogP contribution >= 0.6 is 46.7 Å². The summed E-state index contributed by atoms with van der Waals surface area (Å²) >= 11 is 3.64. The van der Waals surface area contributed by atoms with E-state index in [-0.39, 0.29) is 24.0 Å². The van der Waals surface area contributed by atoms with E-state index in [1.807, 2.05) is 11.3 Å². The lowest BCUT2D eigenvalue weighted by Crippen LogP contribution is -2.39. The van der Waals surface area contributed by atoms with Crippen LogP contribution in [0.5, 0.6) is 0 Å². The molecule has 1 fully saturated rings. The predicted octanol–water partition coefficient (Wildman–Crippen LogP) is 4.37. The fourth-order valence-electron chi connectivity index (χ4n) is 3.54. The fraction of sp³-hybridized carbons (Fsp3) is 0.600. The minimum Gasteiger partial charge on any atom is -0.357 e. The number of likely N-dealkylation sites (tertiary alicyclic amines) is 1. The maximum absolute atomic E-state index is 4.92. The van der Waals surface area contributed by atoms with Crippen LogP contribution in [0.15, 0.2) is 22.5 Å². The number of guanidine groups is 1. The third-order valence-corrected chi connectivity index (χ3v) is 6.97. The van der Waals surface area contributed by atoms with E-state index in [4.69, 9.17) is 4.99 Å². The lowest BCUT2D eigenvalue weighted by Gasteiger charge is -2.25. The number of aliphatic imine (C=N–C) groups is 1. The molecule has 2 aromatic heterocycles. The molecule has 1 unspecified atom stereocenters. The van der Waals surface area contributed by atoms with Crippen LogP contribution in [-0.4, -0.2) is 48.6 Å². The molecular weight excluding hydrogens is 501 g/mol. The molecule has 1 saturated heterocycles. The first-order valence-electron chi connectivity index (χ1n) is 9.90. The van der Waals surface area contributed by atoms with Crippen LogP contribution in [0.3, 0.4) is 0 Å². The van der Waals surface area contributed by atoms with Crippen LogP contribution in [0.25, 0.3) is 0 Å². The fourth-order valence-corrected chi connectivity index (χ4v) is 5.33. The standard InChI is InChI=1S/C20H31N5S2.HI/c1-4-21-20(22-10-9-18-15(2)24-16(3)27-18)23-14-17(19-8-7-13-26-19)25-11-5-6-12-25;/h7-8,13,17H,4-6,9-12,14H2,1-3H3,(H2,21,22,23);1H. The molecule has 28 heavy (non-hydrogen) atoms. The summed E-state index contributed by atoms with van der Waals surface area (Å²) in [7, 11) is 0. The third kappa shape index (κ3) is 6.67. The Labute approximate surface area is 194 Å². The number of aromatic nitrogens is 1. The zero-order valence-electron chi connectivity index (χ0n) is 17.0. The van der Waals surface area contributed by atoms with Crippen LogP contribution in [0.1, 0.15) is 46.3 Å². The van der Waals surface area contributed by atoms with Crippen molar-refractivity contribution in [3.63, 3.8) is 0 Å². The Balaban J connectivity index is 0.00000280. The average Bonchev–Trinajstić information content (AvgIpc) is 3.39. The molecule has 0 radical (unpaired) electrons. The van der Waals surface area contributed by atoms with E-state index in [0.717, 1.165) is 42.7 Å². The first-order chi connectivity index (χ1) is 13.2. The molecule has 0 amide bonds. The van der Waals surface area contributed by atoms with Gasteiger partial charge in [0.1, 0.15) is 0 Å². The Morgan fingerprint density at radius 2 is 2.07 bits per heavy atom. The summed E-state index contributed by atoms with van der Waals surface area (Å²) in [6, 6.07) is 4.79. The van der Waals surface area contributed by atoms with Crippen molar-refractivity contribution in [2.24, 2.45) is 4.99 Å². The predicted molar refractivity (Wildman–Crippen MR) is 133 cm³/mol. The molecule has 1 aliphatic rings. The molecule has 5 nitrogen and oxygen atoms in total. The van der Waals surface area contributed by atoms with Crippen molar-refractivity contribution >= 4 is 52.6 Å². The van der Waals surface area contributed by atoms with Gasteiger partial charge in [-0.1, -0.05) is 6.07 Å². The number of aryl methyl sites for hydroxylation is 2. The summed E-state index contributed by atoms with van der Waals surface area (Å²) < 4.78 is 0. The Hall–Kier alpha value is -0.710. The molecule has 0 bridgehead atoms. The van der Waals surface area contributed by atoms with Crippen LogP contribution in [0, 0.1) is 13.8 Å². The molecule has 0 aromatic carbocycles. The molecule has 3 rings (SSSR count). The van der Waals surface area contributed by atoms with Gasteiger partial charge in [-0.2, -0.15) is 0 Å². The second-order valence-corrected chi connectivity index (χ2v) is 9.18. The zero-order chi connectivity index (χ0) is 19.1. The highest BCUT2D eigenvalue weighted by Gasteiger charge is 2.24. The highest BCUT2D eigenvalue weighted by atomic mass is 127. The van der Waals surface area contributed by atoms with E-state index in [2.05, 4.69) is 58.8 Å². The summed E-state index contributed by atoms with van der Waals surface area (Å²) in [5, 5.41) is 10.2. The van der Waals surface area contributed by atoms with Gasteiger partial charge in [-0.25, -0.2) is 4.98 Å². The first kappa shape index (κ1) is 23.6. The normalized spacial score (nSPS) is 16.0. The van der Waals surface area contributed by atoms with E-state index in [9.17, 15) is 0 Å². The Morgan fingerprint density at radius 3 is 2.68 bits per heavy atom. The van der Waals surface area contributed by atoms with E-state index in [1.54, 1.807) is 11.3 Å². The number of hydrogen-bond acceptors (Lipinski definition) is 5. The molecule has 1 atom stereocenters. The quantitative estimate of drug-likeness (QED) is 0.301. The first-order valence-corrected chi connectivity index (χ1v) is 11.6. The largest absolute Gasteiger partial charge is 0.357 e. The molecular formula is C20H32IN5S2. The van der Waals surface area contributed by atoms with Gasteiger partial charge in [0.05, 0.1) is 23.3 Å². The van der Waals surface area contributed by atoms with E-state index >= 15 is 0 Å². The molecule has 0 spiro atoms. The van der Waals surface area contributed by atoms with Gasteiger partial charge in [0.25, 0.3) is 0 Å². The van der Waals surface area contributed by atoms with Crippen molar-refractivity contribution < 1.29 is 0 Å². The lowest BCUT2D eigenvalue weighted by molar-refractivity contribution is 0.255. The van der Waals surface area contributed by atoms with Crippen LogP contribution < -0.4 is 10.6 Å². The van der Waals surface area contributed by atoms with E-state index in [0.29, 0.717) is 6.04 Å². The van der Waals surface area contributed by atoms with Crippen LogP contribution in [0.4, 0.5) is 0 Å². The molecule has 2 N–H and O–H groups in total. The Kier molecular flexibility index (Phi) is 10.2. The highest BCUT2D eigenvalue weighted by Crippen LogP contribution is 2.28. The minimum absolute atomic E-state index is 0. The van der Waals surface area contributed by atoms with Gasteiger partial charge in [0.15, 0.2) is 5.96 Å². The van der Waals surface area contributed by atoms with Gasteiger partial charge in [0.2, 0.25) is 0 Å². The summed E-state index contributed by atoms with van der Waals surface area (Å²) in [6.07, 6.45) is 3.59. The molecule has 1 aliphatic heterocycles. The van der Waals surface area contributed by atoms with Crippen molar-refractivity contribution in [1.29, 1.82) is 0 Å². The number of hydrogen-bond donors (Lipinski definition) is 2. The third-order valence-electron chi connectivity index (χ3n) is 4.86. The maximum atomic E-state index is 4.92. The monoisotopic (exact) mass is 533 g/mol. The molecule has 3 heterocycles. The van der Waals surface area contributed by atoms with E-state index in [1.165, 1.54) is 35.7 Å². The average molecular weight is 534 g/mol. The second kappa shape index (κ2) is 12.1. The second-order valence-electron chi connectivity index (χ2n) is 6.91. The van der Waals surface area contributed by atoms with Crippen molar-refractivity contribution in [1.82, 2.24) is 20.5 Å². The Morgan fingerprint density at radius 1 is 1.29 bits per heavy atom. The van der Waals surface area contributed by atoms with E-state index < -0.39 is 0 Å². The zero-order valence-corrected chi connectivity index (χ0v) is 21.0. The van der Waals surface area contributed by atoms with Crippen molar-refractivity contribution in [3.05, 3.63) is 38.0 Å². The Bertz CT molecular complexity index is 723. The topological polar surface area (TPSA) is 52.6 Å². The summed E-state index contributed by atoms with van der Waals surface area (Å²) in [5.74, 6) is 0.914. The molecule has 8 heteroatoms. The van der Waals surface area contributed by atoms with Gasteiger partial charge < -0.3 is 10.6 Å². The number of nitrogens with zero attached hydrogens (tertiary/aromatic N) is 3. The summed E-state index contributed by atoms with van der Waals surface area (Å²) in [5.41, 5.74) is 1.16. The molecule has 2 aromatic rings. The number of nitrogens with one attached hydrogen (secondary N) is 2. The smallest absolute Gasteiger partial charge is 0.191 e. The highest BCUT2D eigenvalue weighted by molar-refractivity contribution is 14.0. The SMILES string of the molecule is CCNC(=NCC(c1cccs1)N1CCCC1)NCCc1sc(C)nc1C.I. The van der Waals surface area contributed by atoms with Crippen LogP contribution in [0.2, 0.25) is 0 Å². The number of rotatable bonds is 8. The van der Waals surface area contributed by atoms with Gasteiger partial charge in [-0.3, -0.25) is 9.89 Å². The van der Waals surface area contributed by atoms with Gasteiger partial charge >= 0.3 is 0 Å². The number of thiazole rings is 1. The van der Waals surface area contributed by atoms with Gasteiger partial charge in [0, 0.05) is 29.3 Å². The van der Waals surface area contributed by atoms with Crippen molar-refractivity contribution in [3.8, 4) is 0 Å². The van der Waals surface area contributed by atoms with Crippen molar-refractivity contribution in [2.45, 2.75) is 46.1 Å². The van der Waals surface area contributed by atoms with Crippen molar-refractivity contribution in [2.75, 3.05) is 32.7 Å².